The average molecular weight is 399 g/mol. The van der Waals surface area contributed by atoms with Crippen molar-refractivity contribution in [3.05, 3.63) is 53.1 Å². The van der Waals surface area contributed by atoms with Crippen LogP contribution in [0.5, 0.6) is 5.75 Å². The van der Waals surface area contributed by atoms with Crippen LogP contribution >= 0.6 is 11.6 Å². The molecule has 6 nitrogen and oxygen atoms in total. The molecule has 0 spiro atoms. The SMILES string of the molecule is COc1ccc(CNC(=O)[C@@H]2CCCN(c3nc4ccc(Cl)cc4[nH]3)C2)cc1. The molecule has 2 N–H and O–H groups in total. The van der Waals surface area contributed by atoms with E-state index in [-0.39, 0.29) is 11.8 Å². The average Bonchev–Trinajstić information content (AvgIpc) is 3.15. The number of aromatic amines is 1. The summed E-state index contributed by atoms with van der Waals surface area (Å²) < 4.78 is 5.16. The zero-order chi connectivity index (χ0) is 19.5. The number of carbonyl (C=O) groups is 1. The van der Waals surface area contributed by atoms with E-state index in [1.807, 2.05) is 42.5 Å². The molecule has 0 radical (unpaired) electrons. The summed E-state index contributed by atoms with van der Waals surface area (Å²) >= 11 is 6.06. The monoisotopic (exact) mass is 398 g/mol. The number of hydrogen-bond acceptors (Lipinski definition) is 4. The maximum absolute atomic E-state index is 12.7. The summed E-state index contributed by atoms with van der Waals surface area (Å²) in [4.78, 5) is 22.8. The number of fused-ring (bicyclic) bond motifs is 1. The summed E-state index contributed by atoms with van der Waals surface area (Å²) in [6.45, 7) is 2.06. The van der Waals surface area contributed by atoms with Gasteiger partial charge in [0.15, 0.2) is 0 Å². The van der Waals surface area contributed by atoms with Gasteiger partial charge in [-0.05, 0) is 48.7 Å². The molecule has 28 heavy (non-hydrogen) atoms. The summed E-state index contributed by atoms with van der Waals surface area (Å²) in [5, 5.41) is 3.74. The molecule has 4 rings (SSSR count). The minimum atomic E-state index is -0.0520. The van der Waals surface area contributed by atoms with Gasteiger partial charge >= 0.3 is 0 Å². The summed E-state index contributed by atoms with van der Waals surface area (Å²) in [6.07, 6.45) is 1.84. The smallest absolute Gasteiger partial charge is 0.225 e. The number of piperidine rings is 1. The Bertz CT molecular complexity index is 970. The third-order valence-electron chi connectivity index (χ3n) is 5.15. The second-order valence-electron chi connectivity index (χ2n) is 7.07. The number of ether oxygens (including phenoxy) is 1. The highest BCUT2D eigenvalue weighted by Gasteiger charge is 2.27. The van der Waals surface area contributed by atoms with Gasteiger partial charge in [0.1, 0.15) is 5.75 Å². The molecular weight excluding hydrogens is 376 g/mol. The zero-order valence-corrected chi connectivity index (χ0v) is 16.5. The van der Waals surface area contributed by atoms with Gasteiger partial charge in [0.05, 0.1) is 24.1 Å². The van der Waals surface area contributed by atoms with E-state index < -0.39 is 0 Å². The first kappa shape index (κ1) is 18.6. The normalized spacial score (nSPS) is 16.9. The molecule has 7 heteroatoms. The fraction of sp³-hybridized carbons (Fsp3) is 0.333. The second kappa shape index (κ2) is 8.10. The van der Waals surface area contributed by atoms with Crippen molar-refractivity contribution in [2.45, 2.75) is 19.4 Å². The molecule has 1 saturated heterocycles. The van der Waals surface area contributed by atoms with Gasteiger partial charge in [-0.1, -0.05) is 23.7 Å². The molecule has 1 aliphatic rings. The largest absolute Gasteiger partial charge is 0.497 e. The number of aromatic nitrogens is 2. The maximum Gasteiger partial charge on any atom is 0.225 e. The first-order valence-corrected chi connectivity index (χ1v) is 9.81. The quantitative estimate of drug-likeness (QED) is 0.686. The lowest BCUT2D eigenvalue weighted by molar-refractivity contribution is -0.125. The number of methoxy groups -OCH3 is 1. The highest BCUT2D eigenvalue weighted by atomic mass is 35.5. The number of carbonyl (C=O) groups excluding carboxylic acids is 1. The second-order valence-corrected chi connectivity index (χ2v) is 7.51. The van der Waals surface area contributed by atoms with Gasteiger partial charge in [0, 0.05) is 24.7 Å². The molecule has 2 heterocycles. The Morgan fingerprint density at radius 2 is 2.14 bits per heavy atom. The number of H-pyrrole nitrogens is 1. The molecular formula is C21H23ClN4O2. The van der Waals surface area contributed by atoms with Crippen LogP contribution in [0.4, 0.5) is 5.95 Å². The van der Waals surface area contributed by atoms with Gasteiger partial charge in [-0.2, -0.15) is 0 Å². The van der Waals surface area contributed by atoms with Crippen LogP contribution in [0.3, 0.4) is 0 Å². The number of halogens is 1. The Balaban J connectivity index is 1.38. The maximum atomic E-state index is 12.7. The molecule has 0 bridgehead atoms. The third-order valence-corrected chi connectivity index (χ3v) is 5.38. The highest BCUT2D eigenvalue weighted by Crippen LogP contribution is 2.25. The summed E-state index contributed by atoms with van der Waals surface area (Å²) in [5.41, 5.74) is 2.84. The van der Waals surface area contributed by atoms with Crippen LogP contribution in [-0.4, -0.2) is 36.1 Å². The van der Waals surface area contributed by atoms with Crippen molar-refractivity contribution in [3.63, 3.8) is 0 Å². The van der Waals surface area contributed by atoms with Crippen molar-refractivity contribution in [1.82, 2.24) is 15.3 Å². The van der Waals surface area contributed by atoms with Crippen LogP contribution in [-0.2, 0) is 11.3 Å². The summed E-state index contributed by atoms with van der Waals surface area (Å²) in [6, 6.07) is 13.3. The van der Waals surface area contributed by atoms with E-state index >= 15 is 0 Å². The fourth-order valence-electron chi connectivity index (χ4n) is 3.58. The van der Waals surface area contributed by atoms with Gasteiger partial charge in [-0.25, -0.2) is 4.98 Å². The number of nitrogens with zero attached hydrogens (tertiary/aromatic N) is 2. The predicted octanol–water partition coefficient (Wildman–Crippen LogP) is 3.76. The lowest BCUT2D eigenvalue weighted by Gasteiger charge is -2.31. The van der Waals surface area contributed by atoms with E-state index in [9.17, 15) is 4.79 Å². The topological polar surface area (TPSA) is 70.2 Å². The molecule has 0 aliphatic carbocycles. The molecule has 1 amide bonds. The van der Waals surface area contributed by atoms with E-state index in [1.165, 1.54) is 0 Å². The van der Waals surface area contributed by atoms with E-state index in [2.05, 4.69) is 20.2 Å². The van der Waals surface area contributed by atoms with E-state index in [4.69, 9.17) is 16.3 Å². The van der Waals surface area contributed by atoms with Crippen molar-refractivity contribution in [2.75, 3.05) is 25.1 Å². The first-order valence-electron chi connectivity index (χ1n) is 9.43. The minimum absolute atomic E-state index is 0.0520. The van der Waals surface area contributed by atoms with Crippen molar-refractivity contribution >= 4 is 34.5 Å². The number of amides is 1. The first-order chi connectivity index (χ1) is 13.6. The van der Waals surface area contributed by atoms with Crippen molar-refractivity contribution in [1.29, 1.82) is 0 Å². The lowest BCUT2D eigenvalue weighted by Crippen LogP contribution is -2.43. The van der Waals surface area contributed by atoms with E-state index in [0.29, 0.717) is 18.1 Å². The third kappa shape index (κ3) is 4.07. The van der Waals surface area contributed by atoms with Gasteiger partial charge in [-0.15, -0.1) is 0 Å². The molecule has 0 saturated carbocycles. The number of hydrogen-bond donors (Lipinski definition) is 2. The Morgan fingerprint density at radius 1 is 1.32 bits per heavy atom. The molecule has 1 fully saturated rings. The van der Waals surface area contributed by atoms with Crippen LogP contribution in [0.2, 0.25) is 5.02 Å². The number of rotatable bonds is 5. The van der Waals surface area contributed by atoms with Crippen molar-refractivity contribution < 1.29 is 9.53 Å². The zero-order valence-electron chi connectivity index (χ0n) is 15.7. The van der Waals surface area contributed by atoms with E-state index in [0.717, 1.165) is 47.7 Å². The Labute approximate surface area is 168 Å². The van der Waals surface area contributed by atoms with Gasteiger partial charge in [0.2, 0.25) is 11.9 Å². The lowest BCUT2D eigenvalue weighted by atomic mass is 9.97. The van der Waals surface area contributed by atoms with Crippen LogP contribution in [0, 0.1) is 5.92 Å². The number of benzene rings is 2. The Hall–Kier alpha value is -2.73. The van der Waals surface area contributed by atoms with Crippen LogP contribution in [0.25, 0.3) is 11.0 Å². The minimum Gasteiger partial charge on any atom is -0.497 e. The summed E-state index contributed by atoms with van der Waals surface area (Å²) in [7, 11) is 1.64. The van der Waals surface area contributed by atoms with Gasteiger partial charge in [-0.3, -0.25) is 4.79 Å². The molecule has 0 unspecified atom stereocenters. The standard InChI is InChI=1S/C21H23ClN4O2/c1-28-17-7-4-14(5-8-17)12-23-20(27)15-3-2-10-26(13-15)21-24-18-9-6-16(22)11-19(18)25-21/h4-9,11,15H,2-3,10,12-13H2,1H3,(H,23,27)(H,24,25)/t15-/m1/s1. The Morgan fingerprint density at radius 3 is 2.93 bits per heavy atom. The number of imidazole rings is 1. The van der Waals surface area contributed by atoms with Crippen LogP contribution in [0.1, 0.15) is 18.4 Å². The number of nitrogens with one attached hydrogen (secondary N) is 2. The molecule has 3 aromatic rings. The highest BCUT2D eigenvalue weighted by molar-refractivity contribution is 6.31. The molecule has 146 valence electrons. The predicted molar refractivity (Wildman–Crippen MR) is 111 cm³/mol. The van der Waals surface area contributed by atoms with Crippen LogP contribution in [0.15, 0.2) is 42.5 Å². The van der Waals surface area contributed by atoms with E-state index in [1.54, 1.807) is 7.11 Å². The molecule has 1 aliphatic heterocycles. The van der Waals surface area contributed by atoms with Crippen LogP contribution < -0.4 is 15.0 Å². The van der Waals surface area contributed by atoms with Crippen molar-refractivity contribution in [3.8, 4) is 5.75 Å². The van der Waals surface area contributed by atoms with Crippen molar-refractivity contribution in [2.24, 2.45) is 5.92 Å². The molecule has 2 aromatic carbocycles. The van der Waals surface area contributed by atoms with Gasteiger partial charge < -0.3 is 19.9 Å². The molecule has 1 aromatic heterocycles. The van der Waals surface area contributed by atoms with Gasteiger partial charge in [0.25, 0.3) is 0 Å². The summed E-state index contributed by atoms with van der Waals surface area (Å²) in [5.74, 6) is 1.64. The molecule has 1 atom stereocenters. The fourth-order valence-corrected chi connectivity index (χ4v) is 3.75. The Kier molecular flexibility index (Phi) is 5.39. The number of anilines is 1.